The molecule has 3 aromatic carbocycles. The zero-order valence-electron chi connectivity index (χ0n) is 19.1. The van der Waals surface area contributed by atoms with Gasteiger partial charge in [-0.05, 0) is 22.8 Å². The Morgan fingerprint density at radius 1 is 0.971 bits per heavy atom. The third-order valence-corrected chi connectivity index (χ3v) is 5.91. The van der Waals surface area contributed by atoms with Crippen LogP contribution in [0.5, 0.6) is 11.5 Å². The molecule has 35 heavy (non-hydrogen) atoms. The molecule has 0 spiro atoms. The molecule has 0 radical (unpaired) electrons. The van der Waals surface area contributed by atoms with E-state index in [0.717, 1.165) is 28.0 Å². The number of carbonyl (C=O) groups excluding carboxylic acids is 1. The number of nitrogens with one attached hydrogen (secondary N) is 1. The van der Waals surface area contributed by atoms with Crippen molar-refractivity contribution in [3.05, 3.63) is 129 Å². The zero-order chi connectivity index (χ0) is 24.2. The number of fused-ring (bicyclic) bond motifs is 2. The van der Waals surface area contributed by atoms with Gasteiger partial charge in [0.1, 0.15) is 19.0 Å². The number of hydrogen-bond acceptors (Lipinski definition) is 6. The molecule has 5 rings (SSSR count). The van der Waals surface area contributed by atoms with E-state index in [9.17, 15) is 9.59 Å². The van der Waals surface area contributed by atoms with Crippen LogP contribution in [0.15, 0.2) is 95.9 Å². The van der Waals surface area contributed by atoms with Crippen molar-refractivity contribution in [2.45, 2.75) is 19.3 Å². The van der Waals surface area contributed by atoms with Crippen LogP contribution < -0.4 is 20.3 Å². The molecule has 176 valence electrons. The fourth-order valence-corrected chi connectivity index (χ4v) is 4.18. The predicted octanol–water partition coefficient (Wildman–Crippen LogP) is 4.44. The van der Waals surface area contributed by atoms with Gasteiger partial charge in [0.25, 0.3) is 0 Å². The van der Waals surface area contributed by atoms with E-state index in [0.29, 0.717) is 6.61 Å². The van der Waals surface area contributed by atoms with Gasteiger partial charge < -0.3 is 19.6 Å². The lowest BCUT2D eigenvalue weighted by atomic mass is 9.95. The van der Waals surface area contributed by atoms with Crippen LogP contribution in [0.2, 0.25) is 0 Å². The smallest absolute Gasteiger partial charge is 0.360 e. The van der Waals surface area contributed by atoms with Crippen LogP contribution in [0.3, 0.4) is 0 Å². The first-order valence-corrected chi connectivity index (χ1v) is 11.2. The Labute approximate surface area is 202 Å². The van der Waals surface area contributed by atoms with E-state index in [-0.39, 0.29) is 24.1 Å². The van der Waals surface area contributed by atoms with Gasteiger partial charge in [0.2, 0.25) is 5.43 Å². The SMILES string of the molecule is COC(=O)c1c(OCc2ccccc2)c(=O)ccn1NC1c2ccccc2COc2ccccc21. The third-order valence-electron chi connectivity index (χ3n) is 5.91. The average molecular weight is 469 g/mol. The summed E-state index contributed by atoms with van der Waals surface area (Å²) in [5.41, 5.74) is 6.76. The van der Waals surface area contributed by atoms with Crippen LogP contribution in [0, 0.1) is 0 Å². The van der Waals surface area contributed by atoms with Gasteiger partial charge in [0.15, 0.2) is 11.4 Å². The number of pyridine rings is 1. The Morgan fingerprint density at radius 2 is 1.69 bits per heavy atom. The van der Waals surface area contributed by atoms with Gasteiger partial charge in [-0.25, -0.2) is 4.79 Å². The van der Waals surface area contributed by atoms with Crippen molar-refractivity contribution in [2.75, 3.05) is 12.5 Å². The lowest BCUT2D eigenvalue weighted by Gasteiger charge is -2.25. The molecule has 0 saturated carbocycles. The van der Waals surface area contributed by atoms with Gasteiger partial charge in [-0.3, -0.25) is 9.47 Å². The van der Waals surface area contributed by atoms with E-state index in [2.05, 4.69) is 5.43 Å². The number of ether oxygens (including phenoxy) is 3. The van der Waals surface area contributed by atoms with Gasteiger partial charge in [0, 0.05) is 17.8 Å². The van der Waals surface area contributed by atoms with Crippen molar-refractivity contribution in [3.8, 4) is 11.5 Å². The molecule has 2 heterocycles. The summed E-state index contributed by atoms with van der Waals surface area (Å²) in [6, 6.07) is 26.1. The van der Waals surface area contributed by atoms with Crippen molar-refractivity contribution in [1.29, 1.82) is 0 Å². The summed E-state index contributed by atoms with van der Waals surface area (Å²) >= 11 is 0. The molecule has 1 atom stereocenters. The van der Waals surface area contributed by atoms with Crippen LogP contribution >= 0.6 is 0 Å². The summed E-state index contributed by atoms with van der Waals surface area (Å²) in [6.45, 7) is 0.553. The highest BCUT2D eigenvalue weighted by Gasteiger charge is 2.27. The molecule has 7 nitrogen and oxygen atoms in total. The van der Waals surface area contributed by atoms with Crippen molar-refractivity contribution in [2.24, 2.45) is 0 Å². The third kappa shape index (κ3) is 4.48. The molecular formula is C28H24N2O5. The van der Waals surface area contributed by atoms with Crippen LogP contribution in [0.25, 0.3) is 0 Å². The largest absolute Gasteiger partial charge is 0.489 e. The van der Waals surface area contributed by atoms with Gasteiger partial charge in [0.05, 0.1) is 13.2 Å². The Kier molecular flexibility index (Phi) is 6.22. The molecule has 1 N–H and O–H groups in total. The first-order chi connectivity index (χ1) is 17.2. The topological polar surface area (TPSA) is 78.8 Å². The molecule has 1 unspecified atom stereocenters. The highest BCUT2D eigenvalue weighted by molar-refractivity contribution is 5.90. The minimum absolute atomic E-state index is 0.0175. The monoisotopic (exact) mass is 468 g/mol. The first-order valence-electron chi connectivity index (χ1n) is 11.2. The summed E-state index contributed by atoms with van der Waals surface area (Å²) < 4.78 is 18.5. The van der Waals surface area contributed by atoms with Crippen LogP contribution in [0.1, 0.15) is 38.8 Å². The first kappa shape index (κ1) is 22.3. The molecule has 1 aliphatic heterocycles. The number of aromatic nitrogens is 1. The summed E-state index contributed by atoms with van der Waals surface area (Å²) in [7, 11) is 1.27. The second-order valence-electron chi connectivity index (χ2n) is 8.08. The average Bonchev–Trinajstić information content (AvgIpc) is 3.06. The Balaban J connectivity index is 1.59. The fraction of sp³-hybridized carbons (Fsp3) is 0.143. The minimum Gasteiger partial charge on any atom is -0.489 e. The maximum atomic E-state index is 12.9. The molecule has 0 saturated heterocycles. The molecule has 0 fully saturated rings. The molecule has 4 aromatic rings. The second-order valence-corrected chi connectivity index (χ2v) is 8.08. The van der Waals surface area contributed by atoms with Crippen molar-refractivity contribution in [3.63, 3.8) is 0 Å². The van der Waals surface area contributed by atoms with E-state index >= 15 is 0 Å². The number of benzene rings is 3. The number of rotatable bonds is 6. The van der Waals surface area contributed by atoms with Crippen molar-refractivity contribution < 1.29 is 19.0 Å². The van der Waals surface area contributed by atoms with Crippen molar-refractivity contribution in [1.82, 2.24) is 4.68 Å². The second kappa shape index (κ2) is 9.77. The molecule has 1 aromatic heterocycles. The predicted molar refractivity (Wildman–Crippen MR) is 131 cm³/mol. The highest BCUT2D eigenvalue weighted by atomic mass is 16.5. The van der Waals surface area contributed by atoms with E-state index < -0.39 is 11.4 Å². The lowest BCUT2D eigenvalue weighted by Crippen LogP contribution is -2.30. The summed E-state index contributed by atoms with van der Waals surface area (Å²) in [4.78, 5) is 25.7. The Bertz CT molecular complexity index is 1370. The maximum absolute atomic E-state index is 12.9. The van der Waals surface area contributed by atoms with Crippen LogP contribution in [-0.4, -0.2) is 17.8 Å². The maximum Gasteiger partial charge on any atom is 0.360 e. The fourth-order valence-electron chi connectivity index (χ4n) is 4.18. The Morgan fingerprint density at radius 3 is 2.49 bits per heavy atom. The van der Waals surface area contributed by atoms with Gasteiger partial charge in [-0.15, -0.1) is 0 Å². The standard InChI is InChI=1S/C28H24N2O5/c1-33-28(32)26-27(35-17-19-9-3-2-4-10-19)23(31)15-16-30(26)29-25-21-12-6-5-11-20(21)18-34-24-14-8-7-13-22(24)25/h2-16,25,29H,17-18H2,1H3. The number of nitrogens with zero attached hydrogens (tertiary/aromatic N) is 1. The zero-order valence-corrected chi connectivity index (χ0v) is 19.1. The number of carbonyl (C=O) groups is 1. The normalized spacial score (nSPS) is 14.0. The molecule has 7 heteroatoms. The quantitative estimate of drug-likeness (QED) is 0.422. The van der Waals surface area contributed by atoms with Gasteiger partial charge in [-0.1, -0.05) is 72.8 Å². The Hall–Kier alpha value is -4.52. The number of esters is 1. The number of methoxy groups -OCH3 is 1. The molecule has 0 bridgehead atoms. The van der Waals surface area contributed by atoms with E-state index in [1.165, 1.54) is 24.0 Å². The number of hydrogen-bond donors (Lipinski definition) is 1. The van der Waals surface area contributed by atoms with E-state index in [1.807, 2.05) is 78.9 Å². The molecule has 0 amide bonds. The summed E-state index contributed by atoms with van der Waals surface area (Å²) in [5, 5.41) is 0. The van der Waals surface area contributed by atoms with Crippen LogP contribution in [0.4, 0.5) is 0 Å². The lowest BCUT2D eigenvalue weighted by molar-refractivity contribution is 0.0582. The van der Waals surface area contributed by atoms with E-state index in [1.54, 1.807) is 0 Å². The van der Waals surface area contributed by atoms with Gasteiger partial charge in [-0.2, -0.15) is 0 Å². The molecular weight excluding hydrogens is 444 g/mol. The van der Waals surface area contributed by atoms with E-state index in [4.69, 9.17) is 14.2 Å². The minimum atomic E-state index is -0.690. The molecule has 1 aliphatic rings. The molecule has 0 aliphatic carbocycles. The summed E-state index contributed by atoms with van der Waals surface area (Å²) in [5.74, 6) is -0.0331. The van der Waals surface area contributed by atoms with Crippen LogP contribution in [-0.2, 0) is 18.0 Å². The van der Waals surface area contributed by atoms with Gasteiger partial charge >= 0.3 is 5.97 Å². The highest BCUT2D eigenvalue weighted by Crippen LogP contribution is 2.36. The van der Waals surface area contributed by atoms with Crippen molar-refractivity contribution >= 4 is 5.97 Å². The summed E-state index contributed by atoms with van der Waals surface area (Å²) in [6.07, 6.45) is 1.51. The number of para-hydroxylation sites is 1.